The zero-order valence-corrected chi connectivity index (χ0v) is 10.9. The van der Waals surface area contributed by atoms with Crippen molar-refractivity contribution in [2.45, 2.75) is 6.92 Å². The molecule has 0 unspecified atom stereocenters. The summed E-state index contributed by atoms with van der Waals surface area (Å²) in [6, 6.07) is 14.2. The Morgan fingerprint density at radius 1 is 1.16 bits per heavy atom. The van der Waals surface area contributed by atoms with Crippen molar-refractivity contribution in [1.29, 1.82) is 0 Å². The standard InChI is InChI=1S/C16H14N2O/c1-11-5-3-6-12(9-11)13-7-4-8-14-15(10-19)18(2)17-16(13)14/h3-10H,1-2H3. The van der Waals surface area contributed by atoms with Gasteiger partial charge in [0.05, 0.1) is 0 Å². The summed E-state index contributed by atoms with van der Waals surface area (Å²) in [5.41, 5.74) is 4.88. The van der Waals surface area contributed by atoms with E-state index in [1.54, 1.807) is 11.7 Å². The zero-order chi connectivity index (χ0) is 13.4. The topological polar surface area (TPSA) is 34.9 Å². The van der Waals surface area contributed by atoms with Crippen LogP contribution in [0.1, 0.15) is 16.1 Å². The molecule has 0 atom stereocenters. The molecule has 0 radical (unpaired) electrons. The molecule has 0 bridgehead atoms. The summed E-state index contributed by atoms with van der Waals surface area (Å²) in [5, 5.41) is 5.37. The monoisotopic (exact) mass is 250 g/mol. The summed E-state index contributed by atoms with van der Waals surface area (Å²) < 4.78 is 1.64. The van der Waals surface area contributed by atoms with Gasteiger partial charge in [0.2, 0.25) is 0 Å². The van der Waals surface area contributed by atoms with Crippen LogP contribution in [0.3, 0.4) is 0 Å². The lowest BCUT2D eigenvalue weighted by molar-refractivity contribution is 0.111. The number of aromatic nitrogens is 2. The van der Waals surface area contributed by atoms with E-state index in [0.717, 1.165) is 28.3 Å². The van der Waals surface area contributed by atoms with E-state index in [9.17, 15) is 4.79 Å². The quantitative estimate of drug-likeness (QED) is 0.654. The minimum absolute atomic E-state index is 0.615. The van der Waals surface area contributed by atoms with Gasteiger partial charge in [-0.1, -0.05) is 48.0 Å². The molecule has 0 aliphatic heterocycles. The number of aryl methyl sites for hydroxylation is 2. The molecule has 2 aromatic carbocycles. The normalized spacial score (nSPS) is 10.8. The van der Waals surface area contributed by atoms with Crippen LogP contribution < -0.4 is 0 Å². The van der Waals surface area contributed by atoms with Gasteiger partial charge in [0.15, 0.2) is 6.29 Å². The lowest BCUT2D eigenvalue weighted by Crippen LogP contribution is -1.95. The van der Waals surface area contributed by atoms with Crippen molar-refractivity contribution >= 4 is 17.2 Å². The van der Waals surface area contributed by atoms with Crippen LogP contribution in [-0.4, -0.2) is 16.1 Å². The van der Waals surface area contributed by atoms with E-state index in [-0.39, 0.29) is 0 Å². The number of hydrogen-bond acceptors (Lipinski definition) is 2. The largest absolute Gasteiger partial charge is 0.296 e. The van der Waals surface area contributed by atoms with Gasteiger partial charge in [0.25, 0.3) is 0 Å². The van der Waals surface area contributed by atoms with Gasteiger partial charge in [0.1, 0.15) is 11.2 Å². The number of benzene rings is 2. The summed E-state index contributed by atoms with van der Waals surface area (Å²) in [4.78, 5) is 11.1. The van der Waals surface area contributed by atoms with Gasteiger partial charge in [-0.2, -0.15) is 5.10 Å². The van der Waals surface area contributed by atoms with Crippen LogP contribution in [0.2, 0.25) is 0 Å². The molecule has 1 aromatic heterocycles. The molecular formula is C16H14N2O. The molecule has 0 N–H and O–H groups in total. The van der Waals surface area contributed by atoms with Crippen LogP contribution in [0.25, 0.3) is 22.0 Å². The van der Waals surface area contributed by atoms with Crippen molar-refractivity contribution in [3.63, 3.8) is 0 Å². The number of rotatable bonds is 2. The van der Waals surface area contributed by atoms with Crippen molar-refractivity contribution < 1.29 is 4.79 Å². The maximum atomic E-state index is 11.1. The molecule has 3 heteroatoms. The van der Waals surface area contributed by atoms with Crippen LogP contribution in [0, 0.1) is 6.92 Å². The second kappa shape index (κ2) is 4.35. The van der Waals surface area contributed by atoms with Gasteiger partial charge in [0, 0.05) is 18.0 Å². The van der Waals surface area contributed by atoms with Gasteiger partial charge in [-0.05, 0) is 12.5 Å². The fourth-order valence-corrected chi connectivity index (χ4v) is 2.42. The first-order valence-corrected chi connectivity index (χ1v) is 6.18. The van der Waals surface area contributed by atoms with Crippen LogP contribution in [0.5, 0.6) is 0 Å². The Hall–Kier alpha value is -2.42. The van der Waals surface area contributed by atoms with Gasteiger partial charge in [-0.25, -0.2) is 0 Å². The first kappa shape index (κ1) is 11.7. The van der Waals surface area contributed by atoms with E-state index >= 15 is 0 Å². The minimum Gasteiger partial charge on any atom is -0.296 e. The van der Waals surface area contributed by atoms with E-state index in [0.29, 0.717) is 5.69 Å². The Morgan fingerprint density at radius 3 is 2.68 bits per heavy atom. The molecule has 1 heterocycles. The van der Waals surface area contributed by atoms with Crippen molar-refractivity contribution in [2.24, 2.45) is 7.05 Å². The van der Waals surface area contributed by atoms with Gasteiger partial charge in [-0.15, -0.1) is 0 Å². The summed E-state index contributed by atoms with van der Waals surface area (Å²) in [7, 11) is 1.80. The van der Waals surface area contributed by atoms with Crippen LogP contribution >= 0.6 is 0 Å². The first-order valence-electron chi connectivity index (χ1n) is 6.18. The van der Waals surface area contributed by atoms with Crippen molar-refractivity contribution in [3.05, 3.63) is 53.7 Å². The highest BCUT2D eigenvalue weighted by molar-refractivity contribution is 6.01. The SMILES string of the molecule is Cc1cccc(-c2cccc3c(C=O)n(C)nc23)c1. The molecule has 0 aliphatic rings. The summed E-state index contributed by atoms with van der Waals surface area (Å²) in [6.07, 6.45) is 0.857. The summed E-state index contributed by atoms with van der Waals surface area (Å²) >= 11 is 0. The fourth-order valence-electron chi connectivity index (χ4n) is 2.42. The van der Waals surface area contributed by atoms with E-state index < -0.39 is 0 Å². The molecule has 3 nitrogen and oxygen atoms in total. The molecule has 0 saturated carbocycles. The number of carbonyl (C=O) groups excluding carboxylic acids is 1. The van der Waals surface area contributed by atoms with Crippen LogP contribution in [0.15, 0.2) is 42.5 Å². The molecular weight excluding hydrogens is 236 g/mol. The lowest BCUT2D eigenvalue weighted by atomic mass is 10.0. The maximum absolute atomic E-state index is 11.1. The van der Waals surface area contributed by atoms with E-state index in [4.69, 9.17) is 0 Å². The van der Waals surface area contributed by atoms with Crippen LogP contribution in [-0.2, 0) is 7.05 Å². The predicted octanol–water partition coefficient (Wildman–Crippen LogP) is 3.36. The van der Waals surface area contributed by atoms with Crippen molar-refractivity contribution in [2.75, 3.05) is 0 Å². The van der Waals surface area contributed by atoms with E-state index in [2.05, 4.69) is 30.2 Å². The second-order valence-electron chi connectivity index (χ2n) is 4.70. The first-order chi connectivity index (χ1) is 9.20. The Labute approximate surface area is 111 Å². The number of fused-ring (bicyclic) bond motifs is 1. The fraction of sp³-hybridized carbons (Fsp3) is 0.125. The molecule has 94 valence electrons. The zero-order valence-electron chi connectivity index (χ0n) is 10.9. The molecule has 3 rings (SSSR count). The summed E-state index contributed by atoms with van der Waals surface area (Å²) in [6.45, 7) is 2.07. The van der Waals surface area contributed by atoms with Gasteiger partial charge >= 0.3 is 0 Å². The van der Waals surface area contributed by atoms with Crippen LogP contribution in [0.4, 0.5) is 0 Å². The second-order valence-corrected chi connectivity index (χ2v) is 4.70. The number of hydrogen-bond donors (Lipinski definition) is 0. The average Bonchev–Trinajstić information content (AvgIpc) is 2.73. The Bertz CT molecular complexity index is 772. The molecule has 0 aliphatic carbocycles. The predicted molar refractivity (Wildman–Crippen MR) is 76.3 cm³/mol. The summed E-state index contributed by atoms with van der Waals surface area (Å²) in [5.74, 6) is 0. The third-order valence-electron chi connectivity index (χ3n) is 3.35. The third-order valence-corrected chi connectivity index (χ3v) is 3.35. The van der Waals surface area contributed by atoms with Crippen molar-refractivity contribution in [1.82, 2.24) is 9.78 Å². The highest BCUT2D eigenvalue weighted by Crippen LogP contribution is 2.29. The maximum Gasteiger partial charge on any atom is 0.168 e. The smallest absolute Gasteiger partial charge is 0.168 e. The Balaban J connectivity index is 2.33. The van der Waals surface area contributed by atoms with E-state index in [1.807, 2.05) is 24.3 Å². The lowest BCUT2D eigenvalue weighted by Gasteiger charge is -2.03. The third kappa shape index (κ3) is 1.83. The van der Waals surface area contributed by atoms with Gasteiger partial charge < -0.3 is 0 Å². The molecule has 3 aromatic rings. The minimum atomic E-state index is 0.615. The number of nitrogens with zero attached hydrogens (tertiary/aromatic N) is 2. The Kier molecular flexibility index (Phi) is 2.67. The van der Waals surface area contributed by atoms with Crippen molar-refractivity contribution in [3.8, 4) is 11.1 Å². The molecule has 0 spiro atoms. The molecule has 0 amide bonds. The van der Waals surface area contributed by atoms with E-state index in [1.165, 1.54) is 5.56 Å². The average molecular weight is 250 g/mol. The highest BCUT2D eigenvalue weighted by atomic mass is 16.1. The molecule has 0 fully saturated rings. The number of carbonyl (C=O) groups is 1. The molecule has 0 saturated heterocycles. The highest BCUT2D eigenvalue weighted by Gasteiger charge is 2.12. The Morgan fingerprint density at radius 2 is 1.95 bits per heavy atom. The number of aldehydes is 1. The molecule has 19 heavy (non-hydrogen) atoms. The van der Waals surface area contributed by atoms with Gasteiger partial charge in [-0.3, -0.25) is 9.48 Å².